The Hall–Kier alpha value is -4.99. The van der Waals surface area contributed by atoms with E-state index < -0.39 is 17.9 Å². The molecule has 41 heavy (non-hydrogen) atoms. The van der Waals surface area contributed by atoms with Gasteiger partial charge in [-0.3, -0.25) is 4.98 Å². The van der Waals surface area contributed by atoms with Crippen molar-refractivity contribution in [1.29, 1.82) is 10.5 Å². The number of benzene rings is 3. The van der Waals surface area contributed by atoms with Crippen molar-refractivity contribution in [3.8, 4) is 12.1 Å². The predicted octanol–water partition coefficient (Wildman–Crippen LogP) is 7.09. The van der Waals surface area contributed by atoms with Gasteiger partial charge in [-0.1, -0.05) is 59.3 Å². The molecule has 8 nitrogen and oxygen atoms in total. The van der Waals surface area contributed by atoms with Crippen LogP contribution in [0.2, 0.25) is 5.02 Å². The lowest BCUT2D eigenvalue weighted by atomic mass is 10.0. The number of anilines is 2. The molecule has 0 saturated heterocycles. The first kappa shape index (κ1) is 25.0. The number of hydrogen-bond acceptors (Lipinski definition) is 7. The minimum atomic E-state index is -1.65. The lowest BCUT2D eigenvalue weighted by Gasteiger charge is -2.22. The fourth-order valence-corrected chi connectivity index (χ4v) is 5.00. The molecule has 0 unspecified atom stereocenters. The minimum Gasteiger partial charge on any atom is -0.376 e. The molecule has 10 heteroatoms. The summed E-state index contributed by atoms with van der Waals surface area (Å²) < 4.78 is 25.2. The summed E-state index contributed by atoms with van der Waals surface area (Å²) in [6, 6.07) is 21.1. The Balaban J connectivity index is 1.46. The van der Waals surface area contributed by atoms with Crippen LogP contribution in [-0.4, -0.2) is 20.0 Å². The predicted molar refractivity (Wildman–Crippen MR) is 155 cm³/mol. The van der Waals surface area contributed by atoms with Gasteiger partial charge in [0.05, 0.1) is 59.9 Å². The third kappa shape index (κ3) is 5.54. The summed E-state index contributed by atoms with van der Waals surface area (Å²) in [5, 5.41) is 35.5. The first-order valence-electron chi connectivity index (χ1n) is 13.6. The smallest absolute Gasteiger partial charge is 0.123 e. The molecule has 2 N–H and O–H groups in total. The maximum absolute atomic E-state index is 13.9. The quantitative estimate of drug-likeness (QED) is 0.196. The zero-order chi connectivity index (χ0) is 29.3. The lowest BCUT2D eigenvalue weighted by molar-refractivity contribution is 0.610. The van der Waals surface area contributed by atoms with E-state index in [2.05, 4.69) is 38.1 Å². The summed E-state index contributed by atoms with van der Waals surface area (Å²) >= 11 is 6.73. The number of hydrogen-bond donors (Lipinski definition) is 2. The van der Waals surface area contributed by atoms with Crippen LogP contribution in [0.5, 0.6) is 0 Å². The van der Waals surface area contributed by atoms with Crippen LogP contribution in [0.15, 0.2) is 79.1 Å². The second kappa shape index (κ2) is 11.2. The molecule has 2 aromatic heterocycles. The number of nitrogens with one attached hydrogen (secondary N) is 2. The molecule has 0 spiro atoms. The number of nitrogens with zero attached hydrogens (tertiary/aromatic N) is 6. The van der Waals surface area contributed by atoms with Crippen molar-refractivity contribution >= 4 is 33.9 Å². The topological polar surface area (TPSA) is 115 Å². The van der Waals surface area contributed by atoms with Gasteiger partial charge in [0.15, 0.2) is 0 Å². The Morgan fingerprint density at radius 1 is 1.07 bits per heavy atom. The van der Waals surface area contributed by atoms with Crippen LogP contribution in [0.3, 0.4) is 0 Å². The second-order valence-electron chi connectivity index (χ2n) is 9.80. The number of pyridine rings is 1. The van der Waals surface area contributed by atoms with E-state index in [1.807, 2.05) is 30.3 Å². The van der Waals surface area contributed by atoms with E-state index in [-0.39, 0.29) is 18.0 Å². The minimum absolute atomic E-state index is 0.154. The Morgan fingerprint density at radius 2 is 1.85 bits per heavy atom. The van der Waals surface area contributed by atoms with E-state index in [1.165, 1.54) is 30.5 Å². The van der Waals surface area contributed by atoms with Crippen LogP contribution in [0.1, 0.15) is 61.1 Å². The first-order chi connectivity index (χ1) is 20.4. The molecule has 202 valence electrons. The monoisotopic (exact) mass is 563 g/mol. The summed E-state index contributed by atoms with van der Waals surface area (Å²) in [5.74, 6) is -0.423. The molecule has 1 aliphatic rings. The van der Waals surface area contributed by atoms with Crippen molar-refractivity contribution < 1.29 is 5.76 Å². The number of nitriles is 2. The van der Waals surface area contributed by atoms with Gasteiger partial charge in [0.25, 0.3) is 0 Å². The van der Waals surface area contributed by atoms with E-state index in [4.69, 9.17) is 11.6 Å². The second-order valence-corrected chi connectivity index (χ2v) is 10.2. The standard InChI is InChI=1S/C31H24ClFN8/c32-26-15-23(37-30(20-6-8-22(33)9-7-20)28-18-41(40-39-28)24-10-11-24)14-25-29(21(16-35)17-36-31(25)26)38-27(12-13-34)19-4-2-1-3-5-19/h1-9,14-15,17-18,24,27,30,37H,10-12H2,(H,36,38)/t27-,30+/m0/s1/i30D. The maximum atomic E-state index is 13.9. The van der Waals surface area contributed by atoms with Crippen molar-refractivity contribution in [2.24, 2.45) is 0 Å². The highest BCUT2D eigenvalue weighted by Crippen LogP contribution is 2.38. The maximum Gasteiger partial charge on any atom is 0.123 e. The molecule has 1 aliphatic carbocycles. The molecule has 0 aliphatic heterocycles. The highest BCUT2D eigenvalue weighted by atomic mass is 35.5. The van der Waals surface area contributed by atoms with E-state index in [9.17, 15) is 16.3 Å². The average molecular weight is 564 g/mol. The van der Waals surface area contributed by atoms with Crippen LogP contribution in [-0.2, 0) is 0 Å². The highest BCUT2D eigenvalue weighted by Gasteiger charge is 2.27. The third-order valence-corrected chi connectivity index (χ3v) is 7.24. The molecule has 6 rings (SSSR count). The van der Waals surface area contributed by atoms with Crippen LogP contribution in [0.4, 0.5) is 15.8 Å². The fraction of sp³-hybridized carbons (Fsp3) is 0.194. The van der Waals surface area contributed by atoms with Gasteiger partial charge in [0, 0.05) is 17.3 Å². The zero-order valence-corrected chi connectivity index (χ0v) is 22.5. The van der Waals surface area contributed by atoms with E-state index in [1.54, 1.807) is 23.0 Å². The molecule has 2 heterocycles. The van der Waals surface area contributed by atoms with E-state index in [0.29, 0.717) is 38.6 Å². The Morgan fingerprint density at radius 3 is 2.56 bits per heavy atom. The zero-order valence-electron chi connectivity index (χ0n) is 22.7. The molecule has 0 amide bonds. The van der Waals surface area contributed by atoms with Gasteiger partial charge in [-0.15, -0.1) is 5.10 Å². The van der Waals surface area contributed by atoms with Gasteiger partial charge in [0.1, 0.15) is 17.6 Å². The highest BCUT2D eigenvalue weighted by molar-refractivity contribution is 6.35. The summed E-state index contributed by atoms with van der Waals surface area (Å²) in [6.07, 6.45) is 5.33. The van der Waals surface area contributed by atoms with Crippen molar-refractivity contribution in [2.75, 3.05) is 10.6 Å². The summed E-state index contributed by atoms with van der Waals surface area (Å²) in [4.78, 5) is 4.43. The van der Waals surface area contributed by atoms with Gasteiger partial charge in [-0.25, -0.2) is 9.07 Å². The first-order valence-corrected chi connectivity index (χ1v) is 13.4. The Bertz CT molecular complexity index is 1840. The molecule has 1 saturated carbocycles. The lowest BCUT2D eigenvalue weighted by Crippen LogP contribution is -2.14. The summed E-state index contributed by atoms with van der Waals surface area (Å²) in [5.41, 5.74) is 3.30. The van der Waals surface area contributed by atoms with Crippen LogP contribution < -0.4 is 10.6 Å². The van der Waals surface area contributed by atoms with Crippen molar-refractivity contribution in [2.45, 2.75) is 37.4 Å². The SMILES string of the molecule is [2H][C@@](Nc1cc(Cl)c2ncc(C#N)c(N[C@@H](CC#N)c3ccccc3)c2c1)(c1ccc(F)cc1)c1cn(C2CC2)nn1. The van der Waals surface area contributed by atoms with Crippen molar-refractivity contribution in [3.05, 3.63) is 112 Å². The largest absolute Gasteiger partial charge is 0.376 e. The third-order valence-electron chi connectivity index (χ3n) is 6.95. The number of aromatic nitrogens is 4. The van der Waals surface area contributed by atoms with Gasteiger partial charge >= 0.3 is 0 Å². The number of rotatable bonds is 9. The molecule has 2 atom stereocenters. The molecule has 0 bridgehead atoms. The summed E-state index contributed by atoms with van der Waals surface area (Å²) in [7, 11) is 0. The van der Waals surface area contributed by atoms with Crippen LogP contribution in [0.25, 0.3) is 10.9 Å². The fourth-order valence-electron chi connectivity index (χ4n) is 4.73. The Kier molecular flexibility index (Phi) is 6.86. The van der Waals surface area contributed by atoms with E-state index in [0.717, 1.165) is 18.4 Å². The molecule has 3 aromatic carbocycles. The van der Waals surface area contributed by atoms with Gasteiger partial charge < -0.3 is 10.6 Å². The average Bonchev–Trinajstić information content (AvgIpc) is 3.73. The summed E-state index contributed by atoms with van der Waals surface area (Å²) in [6.45, 7) is 0. The van der Waals surface area contributed by atoms with Crippen LogP contribution in [0, 0.1) is 28.5 Å². The Labute approximate surface area is 242 Å². The van der Waals surface area contributed by atoms with Crippen molar-refractivity contribution in [1.82, 2.24) is 20.0 Å². The molecule has 1 fully saturated rings. The van der Waals surface area contributed by atoms with Crippen LogP contribution >= 0.6 is 11.6 Å². The van der Waals surface area contributed by atoms with Crippen molar-refractivity contribution in [3.63, 3.8) is 0 Å². The van der Waals surface area contributed by atoms with Gasteiger partial charge in [-0.05, 0) is 48.2 Å². The number of halogens is 2. The van der Waals surface area contributed by atoms with E-state index >= 15 is 0 Å². The normalized spacial score (nSPS) is 15.3. The number of fused-ring (bicyclic) bond motifs is 1. The molecular weight excluding hydrogens is 539 g/mol. The molecule has 0 radical (unpaired) electrons. The van der Waals surface area contributed by atoms with Gasteiger partial charge in [0.2, 0.25) is 0 Å². The molecule has 5 aromatic rings. The van der Waals surface area contributed by atoms with Gasteiger partial charge in [-0.2, -0.15) is 10.5 Å². The molecular formula is C31H24ClFN8.